The monoisotopic (exact) mass is 436 g/mol. The van der Waals surface area contributed by atoms with Crippen molar-refractivity contribution in [2.24, 2.45) is 5.92 Å². The number of hydrogen-bond donors (Lipinski definition) is 2. The van der Waals surface area contributed by atoms with Gasteiger partial charge in [0, 0.05) is 13.1 Å². The molecule has 1 atom stereocenters. The first kappa shape index (κ1) is 21.5. The Kier molecular flexibility index (Phi) is 6.94. The fourth-order valence-electron chi connectivity index (χ4n) is 3.99. The number of aromatic hydroxyl groups is 1. The summed E-state index contributed by atoms with van der Waals surface area (Å²) in [6, 6.07) is 15.6. The number of aromatic nitrogens is 2. The highest BCUT2D eigenvalue weighted by Crippen LogP contribution is 2.24. The predicted molar refractivity (Wildman–Crippen MR) is 122 cm³/mol. The molecule has 0 saturated carbocycles. The summed E-state index contributed by atoms with van der Waals surface area (Å²) in [5.41, 5.74) is 3.52. The van der Waals surface area contributed by atoms with Gasteiger partial charge in [-0.3, -0.25) is 9.69 Å². The summed E-state index contributed by atoms with van der Waals surface area (Å²) in [6.07, 6.45) is 3.38. The van der Waals surface area contributed by atoms with Gasteiger partial charge in [0.1, 0.15) is 10.8 Å². The van der Waals surface area contributed by atoms with Crippen molar-refractivity contribution in [2.75, 3.05) is 13.1 Å². The third kappa shape index (κ3) is 6.12. The number of nitrogens with zero attached hydrogens (tertiary/aromatic N) is 3. The summed E-state index contributed by atoms with van der Waals surface area (Å²) in [4.78, 5) is 14.8. The van der Waals surface area contributed by atoms with Crippen LogP contribution in [0.25, 0.3) is 0 Å². The lowest BCUT2D eigenvalue weighted by molar-refractivity contribution is 0.0950. The minimum atomic E-state index is -0.173. The van der Waals surface area contributed by atoms with Crippen LogP contribution >= 0.6 is 11.3 Å². The van der Waals surface area contributed by atoms with E-state index in [-0.39, 0.29) is 5.91 Å². The van der Waals surface area contributed by atoms with Gasteiger partial charge in [0.2, 0.25) is 5.01 Å². The van der Waals surface area contributed by atoms with Crippen molar-refractivity contribution in [3.8, 4) is 5.75 Å². The van der Waals surface area contributed by atoms with Crippen LogP contribution in [0.2, 0.25) is 0 Å². The van der Waals surface area contributed by atoms with Gasteiger partial charge < -0.3 is 10.4 Å². The molecule has 1 fully saturated rings. The molecule has 2 N–H and O–H groups in total. The standard InChI is InChI=1S/C24H28N4O2S/c1-17-4-6-19(7-5-17)14-25-23(30)24-27-26-22(31-24)16-28-12-2-3-20(15-28)13-18-8-10-21(29)11-9-18/h4-11,20,29H,2-3,12-16H2,1H3,(H,25,30). The number of aryl methyl sites for hydroxylation is 1. The molecule has 6 nitrogen and oxygen atoms in total. The molecule has 2 heterocycles. The Balaban J connectivity index is 1.28. The minimum Gasteiger partial charge on any atom is -0.508 e. The number of phenols is 1. The average molecular weight is 437 g/mol. The molecule has 162 valence electrons. The highest BCUT2D eigenvalue weighted by atomic mass is 32.1. The van der Waals surface area contributed by atoms with Gasteiger partial charge in [-0.2, -0.15) is 0 Å². The van der Waals surface area contributed by atoms with Crippen molar-refractivity contribution in [3.63, 3.8) is 0 Å². The Morgan fingerprint density at radius 2 is 1.87 bits per heavy atom. The molecule has 0 radical (unpaired) electrons. The summed E-state index contributed by atoms with van der Waals surface area (Å²) >= 11 is 1.38. The number of amides is 1. The number of nitrogens with one attached hydrogen (secondary N) is 1. The zero-order chi connectivity index (χ0) is 21.6. The number of hydrogen-bond acceptors (Lipinski definition) is 6. The Morgan fingerprint density at radius 3 is 2.65 bits per heavy atom. The van der Waals surface area contributed by atoms with Crippen molar-refractivity contribution >= 4 is 17.2 Å². The number of piperidine rings is 1. The Bertz CT molecular complexity index is 1000. The average Bonchev–Trinajstić information content (AvgIpc) is 3.24. The van der Waals surface area contributed by atoms with Crippen LogP contribution < -0.4 is 5.32 Å². The van der Waals surface area contributed by atoms with E-state index >= 15 is 0 Å². The third-order valence-corrected chi connectivity index (χ3v) is 6.56. The van der Waals surface area contributed by atoms with Gasteiger partial charge in [-0.1, -0.05) is 53.3 Å². The van der Waals surface area contributed by atoms with E-state index in [1.165, 1.54) is 28.9 Å². The molecule has 0 spiro atoms. The quantitative estimate of drug-likeness (QED) is 0.587. The molecule has 1 saturated heterocycles. The van der Waals surface area contributed by atoms with E-state index in [1.54, 1.807) is 12.1 Å². The summed E-state index contributed by atoms with van der Waals surface area (Å²) < 4.78 is 0. The summed E-state index contributed by atoms with van der Waals surface area (Å²) in [7, 11) is 0. The molecule has 1 aliphatic rings. The van der Waals surface area contributed by atoms with Crippen molar-refractivity contribution in [3.05, 3.63) is 75.2 Å². The van der Waals surface area contributed by atoms with Crippen LogP contribution in [0.4, 0.5) is 0 Å². The van der Waals surface area contributed by atoms with Crippen LogP contribution in [0.5, 0.6) is 5.75 Å². The van der Waals surface area contributed by atoms with Crippen LogP contribution in [0, 0.1) is 12.8 Å². The van der Waals surface area contributed by atoms with Gasteiger partial charge in [-0.05, 0) is 61.9 Å². The topological polar surface area (TPSA) is 78.4 Å². The number of rotatable bonds is 7. The van der Waals surface area contributed by atoms with E-state index in [1.807, 2.05) is 43.3 Å². The van der Waals surface area contributed by atoms with E-state index < -0.39 is 0 Å². The molecule has 4 rings (SSSR count). The molecule has 2 aromatic carbocycles. The van der Waals surface area contributed by atoms with E-state index in [4.69, 9.17) is 0 Å². The van der Waals surface area contributed by atoms with Gasteiger partial charge in [0.25, 0.3) is 5.91 Å². The highest BCUT2D eigenvalue weighted by molar-refractivity contribution is 7.13. The maximum atomic E-state index is 12.4. The molecule has 1 amide bonds. The molecule has 0 bridgehead atoms. The summed E-state index contributed by atoms with van der Waals surface area (Å²) in [5.74, 6) is 0.723. The van der Waals surface area contributed by atoms with Gasteiger partial charge >= 0.3 is 0 Å². The van der Waals surface area contributed by atoms with Gasteiger partial charge in [-0.15, -0.1) is 10.2 Å². The lowest BCUT2D eigenvalue weighted by Crippen LogP contribution is -2.35. The maximum Gasteiger partial charge on any atom is 0.282 e. The second-order valence-electron chi connectivity index (χ2n) is 8.28. The van der Waals surface area contributed by atoms with Crippen LogP contribution in [0.1, 0.15) is 44.3 Å². The molecular formula is C24H28N4O2S. The first-order chi connectivity index (χ1) is 15.0. The Labute approximate surface area is 187 Å². The van der Waals surface area contributed by atoms with Crippen molar-refractivity contribution < 1.29 is 9.90 Å². The second kappa shape index (κ2) is 10.0. The van der Waals surface area contributed by atoms with Crippen LogP contribution in [0.15, 0.2) is 48.5 Å². The van der Waals surface area contributed by atoms with Crippen LogP contribution in [0.3, 0.4) is 0 Å². The second-order valence-corrected chi connectivity index (χ2v) is 9.35. The summed E-state index contributed by atoms with van der Waals surface area (Å²) in [5, 5.41) is 22.1. The predicted octanol–water partition coefficient (Wildman–Crippen LogP) is 3.94. The number of likely N-dealkylation sites (tertiary alicyclic amines) is 1. The Hall–Kier alpha value is -2.77. The minimum absolute atomic E-state index is 0.173. The first-order valence-electron chi connectivity index (χ1n) is 10.7. The van der Waals surface area contributed by atoms with E-state index in [0.717, 1.165) is 43.0 Å². The van der Waals surface area contributed by atoms with E-state index in [2.05, 4.69) is 20.4 Å². The number of benzene rings is 2. The van der Waals surface area contributed by atoms with Crippen LogP contribution in [-0.4, -0.2) is 39.2 Å². The van der Waals surface area contributed by atoms with Gasteiger partial charge in [0.05, 0.1) is 6.54 Å². The van der Waals surface area contributed by atoms with Crippen molar-refractivity contribution in [1.29, 1.82) is 0 Å². The summed E-state index contributed by atoms with van der Waals surface area (Å²) in [6.45, 7) is 5.31. The van der Waals surface area contributed by atoms with Crippen molar-refractivity contribution in [1.82, 2.24) is 20.4 Å². The number of carbonyl (C=O) groups excluding carboxylic acids is 1. The molecule has 1 aromatic heterocycles. The van der Waals surface area contributed by atoms with Crippen molar-refractivity contribution in [2.45, 2.75) is 39.3 Å². The maximum absolute atomic E-state index is 12.4. The molecular weight excluding hydrogens is 408 g/mol. The lowest BCUT2D eigenvalue weighted by atomic mass is 9.91. The molecule has 3 aromatic rings. The lowest BCUT2D eigenvalue weighted by Gasteiger charge is -2.32. The molecule has 1 aliphatic heterocycles. The smallest absolute Gasteiger partial charge is 0.282 e. The zero-order valence-electron chi connectivity index (χ0n) is 17.8. The number of phenolic OH excluding ortho intramolecular Hbond substituents is 1. The van der Waals surface area contributed by atoms with Gasteiger partial charge in [-0.25, -0.2) is 0 Å². The fraction of sp³-hybridized carbons (Fsp3) is 0.375. The van der Waals surface area contributed by atoms with Gasteiger partial charge in [0.15, 0.2) is 0 Å². The van der Waals surface area contributed by atoms with Crippen LogP contribution in [-0.2, 0) is 19.5 Å². The normalized spacial score (nSPS) is 16.9. The molecule has 0 aliphatic carbocycles. The number of carbonyl (C=O) groups is 1. The SMILES string of the molecule is Cc1ccc(CNC(=O)c2nnc(CN3CCCC(Cc4ccc(O)cc4)C3)s2)cc1. The largest absolute Gasteiger partial charge is 0.508 e. The molecule has 31 heavy (non-hydrogen) atoms. The first-order valence-corrected chi connectivity index (χ1v) is 11.5. The van der Waals surface area contributed by atoms with E-state index in [0.29, 0.717) is 23.2 Å². The Morgan fingerprint density at radius 1 is 1.13 bits per heavy atom. The van der Waals surface area contributed by atoms with E-state index in [9.17, 15) is 9.90 Å². The highest BCUT2D eigenvalue weighted by Gasteiger charge is 2.22. The zero-order valence-corrected chi connectivity index (χ0v) is 18.6. The third-order valence-electron chi connectivity index (χ3n) is 5.66. The fourth-order valence-corrected chi connectivity index (χ4v) is 4.79. The molecule has 1 unspecified atom stereocenters. The molecule has 7 heteroatoms.